The van der Waals surface area contributed by atoms with E-state index in [1.54, 1.807) is 0 Å². The van der Waals surface area contributed by atoms with Crippen LogP contribution in [0.3, 0.4) is 0 Å². The normalized spacial score (nSPS) is 19.9. The summed E-state index contributed by atoms with van der Waals surface area (Å²) in [5.74, 6) is -1.14. The van der Waals surface area contributed by atoms with Crippen molar-refractivity contribution in [2.24, 2.45) is 0 Å². The highest BCUT2D eigenvalue weighted by Crippen LogP contribution is 2.25. The number of aromatic hydroxyl groups is 1. The zero-order valence-corrected chi connectivity index (χ0v) is 8.88. The van der Waals surface area contributed by atoms with Gasteiger partial charge in [-0.05, 0) is 18.1 Å². The van der Waals surface area contributed by atoms with Gasteiger partial charge >= 0.3 is 0 Å². The van der Waals surface area contributed by atoms with Crippen molar-refractivity contribution in [1.29, 1.82) is 0 Å². The molecule has 1 aromatic rings. The Bertz CT molecular complexity index is 463. The fraction of sp³-hybridized carbons (Fsp3) is 0.200. The zero-order chi connectivity index (χ0) is 11.7. The summed E-state index contributed by atoms with van der Waals surface area (Å²) < 4.78 is 13.3. The highest BCUT2D eigenvalue weighted by Gasteiger charge is 2.32. The van der Waals surface area contributed by atoms with Gasteiger partial charge in [0.1, 0.15) is 11.6 Å². The molecule has 1 aromatic carbocycles. The highest BCUT2D eigenvalue weighted by atomic mass is 32.2. The quantitative estimate of drug-likeness (QED) is 0.822. The van der Waals surface area contributed by atoms with Crippen molar-refractivity contribution in [1.82, 2.24) is 5.32 Å². The standard InChI is InChI=1S/C10H8FNO3S/c11-7-4-6(13)2-1-5(7)3-8-9(14)12-10(15)16-8/h1-2,4,8,13H,3H2,(H,12,14,15)/t8-/m1/s1. The van der Waals surface area contributed by atoms with E-state index in [4.69, 9.17) is 5.11 Å². The molecule has 1 heterocycles. The van der Waals surface area contributed by atoms with Crippen LogP contribution in [0.2, 0.25) is 0 Å². The summed E-state index contributed by atoms with van der Waals surface area (Å²) in [6.45, 7) is 0. The number of thioether (sulfide) groups is 1. The molecule has 0 bridgehead atoms. The number of carbonyl (C=O) groups excluding carboxylic acids is 2. The number of imide groups is 1. The summed E-state index contributed by atoms with van der Waals surface area (Å²) in [4.78, 5) is 22.1. The maximum absolute atomic E-state index is 13.3. The zero-order valence-electron chi connectivity index (χ0n) is 8.07. The fourth-order valence-electron chi connectivity index (χ4n) is 1.43. The van der Waals surface area contributed by atoms with E-state index in [1.807, 2.05) is 0 Å². The lowest BCUT2D eigenvalue weighted by Gasteiger charge is -2.06. The third-order valence-electron chi connectivity index (χ3n) is 2.21. The Morgan fingerprint density at radius 1 is 1.44 bits per heavy atom. The summed E-state index contributed by atoms with van der Waals surface area (Å²) >= 11 is 0.853. The number of rotatable bonds is 2. The number of carbonyl (C=O) groups is 2. The lowest BCUT2D eigenvalue weighted by Crippen LogP contribution is -2.25. The van der Waals surface area contributed by atoms with Crippen LogP contribution in [0.4, 0.5) is 9.18 Å². The summed E-state index contributed by atoms with van der Waals surface area (Å²) in [6, 6.07) is 3.73. The Labute approximate surface area is 94.8 Å². The van der Waals surface area contributed by atoms with E-state index in [2.05, 4.69) is 5.32 Å². The molecular formula is C10H8FNO3S. The maximum Gasteiger partial charge on any atom is 0.286 e. The molecule has 1 aliphatic heterocycles. The second-order valence-corrected chi connectivity index (χ2v) is 4.54. The van der Waals surface area contributed by atoms with Gasteiger partial charge in [0.2, 0.25) is 5.91 Å². The number of hydrogen-bond donors (Lipinski definition) is 2. The summed E-state index contributed by atoms with van der Waals surface area (Å²) in [7, 11) is 0. The number of benzene rings is 1. The first-order valence-corrected chi connectivity index (χ1v) is 5.43. The van der Waals surface area contributed by atoms with Crippen LogP contribution in [0.1, 0.15) is 5.56 Å². The van der Waals surface area contributed by atoms with Crippen LogP contribution in [-0.4, -0.2) is 21.5 Å². The summed E-state index contributed by atoms with van der Waals surface area (Å²) in [5.41, 5.74) is 0.306. The maximum atomic E-state index is 13.3. The molecule has 2 rings (SSSR count). The van der Waals surface area contributed by atoms with Crippen molar-refractivity contribution in [3.05, 3.63) is 29.6 Å². The largest absolute Gasteiger partial charge is 0.508 e. The predicted octanol–water partition coefficient (Wildman–Crippen LogP) is 1.43. The molecule has 4 nitrogen and oxygen atoms in total. The van der Waals surface area contributed by atoms with E-state index < -0.39 is 22.2 Å². The third-order valence-corrected chi connectivity index (χ3v) is 3.19. The molecule has 1 atom stereocenters. The number of hydrogen-bond acceptors (Lipinski definition) is 4. The monoisotopic (exact) mass is 241 g/mol. The number of phenols is 1. The first kappa shape index (κ1) is 10.9. The number of phenolic OH excluding ortho intramolecular Hbond substituents is 1. The first-order valence-electron chi connectivity index (χ1n) is 4.55. The van der Waals surface area contributed by atoms with Crippen LogP contribution in [0.25, 0.3) is 0 Å². The van der Waals surface area contributed by atoms with Crippen molar-refractivity contribution in [2.75, 3.05) is 0 Å². The van der Waals surface area contributed by atoms with Gasteiger partial charge in [0.25, 0.3) is 5.24 Å². The SMILES string of the molecule is O=C1NC(=O)[C@@H](Cc2ccc(O)cc2F)S1. The molecule has 0 radical (unpaired) electrons. The molecule has 0 spiro atoms. The molecule has 16 heavy (non-hydrogen) atoms. The van der Waals surface area contributed by atoms with Gasteiger partial charge in [0.05, 0.1) is 5.25 Å². The Hall–Kier alpha value is -1.56. The van der Waals surface area contributed by atoms with Crippen molar-refractivity contribution in [3.8, 4) is 5.75 Å². The minimum Gasteiger partial charge on any atom is -0.508 e. The Morgan fingerprint density at radius 3 is 2.75 bits per heavy atom. The van der Waals surface area contributed by atoms with E-state index >= 15 is 0 Å². The third kappa shape index (κ3) is 2.16. The van der Waals surface area contributed by atoms with Gasteiger partial charge in [-0.2, -0.15) is 0 Å². The minimum atomic E-state index is -0.591. The number of halogens is 1. The average molecular weight is 241 g/mol. The molecule has 2 amide bonds. The molecule has 84 valence electrons. The van der Waals surface area contributed by atoms with Crippen LogP contribution in [0.15, 0.2) is 18.2 Å². The minimum absolute atomic E-state index is 0.133. The second-order valence-electron chi connectivity index (χ2n) is 3.36. The molecule has 1 fully saturated rings. The topological polar surface area (TPSA) is 66.4 Å². The van der Waals surface area contributed by atoms with E-state index in [1.165, 1.54) is 12.1 Å². The van der Waals surface area contributed by atoms with Gasteiger partial charge in [-0.15, -0.1) is 0 Å². The smallest absolute Gasteiger partial charge is 0.286 e. The van der Waals surface area contributed by atoms with E-state index in [9.17, 15) is 14.0 Å². The lowest BCUT2D eigenvalue weighted by molar-refractivity contribution is -0.118. The molecule has 6 heteroatoms. The Morgan fingerprint density at radius 2 is 2.19 bits per heavy atom. The Balaban J connectivity index is 2.15. The molecule has 0 aromatic heterocycles. The van der Waals surface area contributed by atoms with Crippen molar-refractivity contribution in [3.63, 3.8) is 0 Å². The molecule has 0 aliphatic carbocycles. The molecular weight excluding hydrogens is 233 g/mol. The molecule has 0 unspecified atom stereocenters. The average Bonchev–Trinajstić information content (AvgIpc) is 2.50. The predicted molar refractivity (Wildman–Crippen MR) is 56.7 cm³/mol. The van der Waals surface area contributed by atoms with E-state index in [0.29, 0.717) is 5.56 Å². The summed E-state index contributed by atoms with van der Waals surface area (Å²) in [5, 5.41) is 10.1. The summed E-state index contributed by atoms with van der Waals surface area (Å²) in [6.07, 6.45) is 0.133. The van der Waals surface area contributed by atoms with Gasteiger partial charge in [0.15, 0.2) is 0 Å². The van der Waals surface area contributed by atoms with Crippen molar-refractivity contribution in [2.45, 2.75) is 11.7 Å². The van der Waals surface area contributed by atoms with Crippen molar-refractivity contribution < 1.29 is 19.1 Å². The van der Waals surface area contributed by atoms with Crippen molar-refractivity contribution >= 4 is 22.9 Å². The van der Waals surface area contributed by atoms with Crippen LogP contribution in [0, 0.1) is 5.82 Å². The second kappa shape index (κ2) is 4.13. The molecule has 0 saturated carbocycles. The Kier molecular flexibility index (Phi) is 2.82. The van der Waals surface area contributed by atoms with E-state index in [-0.39, 0.29) is 12.2 Å². The van der Waals surface area contributed by atoms with Crippen LogP contribution in [-0.2, 0) is 11.2 Å². The van der Waals surface area contributed by atoms with Gasteiger partial charge in [-0.3, -0.25) is 14.9 Å². The van der Waals surface area contributed by atoms with Gasteiger partial charge in [-0.1, -0.05) is 17.8 Å². The number of amides is 2. The highest BCUT2D eigenvalue weighted by molar-refractivity contribution is 8.15. The van der Waals surface area contributed by atoms with Crippen LogP contribution < -0.4 is 5.32 Å². The van der Waals surface area contributed by atoms with Crippen LogP contribution >= 0.6 is 11.8 Å². The van der Waals surface area contributed by atoms with Gasteiger partial charge < -0.3 is 5.11 Å². The fourth-order valence-corrected chi connectivity index (χ4v) is 2.28. The lowest BCUT2D eigenvalue weighted by atomic mass is 10.1. The van der Waals surface area contributed by atoms with Gasteiger partial charge in [0, 0.05) is 6.07 Å². The first-order chi connectivity index (χ1) is 7.56. The van der Waals surface area contributed by atoms with Crippen LogP contribution in [0.5, 0.6) is 5.75 Å². The number of nitrogens with one attached hydrogen (secondary N) is 1. The molecule has 1 aliphatic rings. The van der Waals surface area contributed by atoms with E-state index in [0.717, 1.165) is 17.8 Å². The molecule has 1 saturated heterocycles. The van der Waals surface area contributed by atoms with Gasteiger partial charge in [-0.25, -0.2) is 4.39 Å². The molecule has 2 N–H and O–H groups in total.